The molecule has 1 aromatic carbocycles. The summed E-state index contributed by atoms with van der Waals surface area (Å²) in [7, 11) is -3.71. The lowest BCUT2D eigenvalue weighted by Crippen LogP contribution is -2.12. The van der Waals surface area contributed by atoms with E-state index in [1.165, 1.54) is 12.1 Å². The summed E-state index contributed by atoms with van der Waals surface area (Å²) in [4.78, 5) is 0.103. The van der Waals surface area contributed by atoms with Crippen LogP contribution in [0.3, 0.4) is 0 Å². The quantitative estimate of drug-likeness (QED) is 0.829. The monoisotopic (exact) mass is 323 g/mol. The number of anilines is 1. The average Bonchev–Trinajstić information content (AvgIpc) is 2.84. The fraction of sp³-hybridized carbons (Fsp3) is 0.231. The molecule has 0 saturated carbocycles. The fourth-order valence-corrected chi connectivity index (χ4v) is 3.34. The maximum Gasteiger partial charge on any atom is 0.263 e. The normalized spacial score (nSPS) is 10.8. The highest BCUT2D eigenvalue weighted by Crippen LogP contribution is 2.19. The van der Waals surface area contributed by atoms with Gasteiger partial charge in [-0.3, -0.25) is 4.72 Å². The maximum atomic E-state index is 12.2. The van der Waals surface area contributed by atoms with Gasteiger partial charge in [-0.2, -0.15) is 0 Å². The third-order valence-corrected chi connectivity index (χ3v) is 4.58. The molecule has 2 rings (SSSR count). The average molecular weight is 323 g/mol. The van der Waals surface area contributed by atoms with E-state index >= 15 is 0 Å². The second-order valence-electron chi connectivity index (χ2n) is 4.03. The molecule has 0 amide bonds. The van der Waals surface area contributed by atoms with E-state index in [-0.39, 0.29) is 16.6 Å². The van der Waals surface area contributed by atoms with Gasteiger partial charge in [-0.1, -0.05) is 29.2 Å². The number of aryl methyl sites for hydroxylation is 1. The zero-order valence-electron chi connectivity index (χ0n) is 11.2. The second kappa shape index (κ2) is 6.67. The van der Waals surface area contributed by atoms with E-state index in [0.29, 0.717) is 17.0 Å². The van der Waals surface area contributed by atoms with Gasteiger partial charge in [0.05, 0.1) is 11.5 Å². The van der Waals surface area contributed by atoms with Gasteiger partial charge < -0.3 is 5.11 Å². The van der Waals surface area contributed by atoms with Crippen LogP contribution in [0.4, 0.5) is 5.13 Å². The Hall–Kier alpha value is -1.95. The largest absolute Gasteiger partial charge is 0.395 e. The van der Waals surface area contributed by atoms with Crippen LogP contribution in [0, 0.1) is 18.8 Å². The molecule has 1 aromatic heterocycles. The summed E-state index contributed by atoms with van der Waals surface area (Å²) in [5.74, 6) is 5.55. The number of aliphatic hydroxyl groups excluding tert-OH is 1. The minimum atomic E-state index is -3.71. The summed E-state index contributed by atoms with van der Waals surface area (Å²) < 4.78 is 26.8. The van der Waals surface area contributed by atoms with Gasteiger partial charge in [0.1, 0.15) is 5.01 Å². The summed E-state index contributed by atoms with van der Waals surface area (Å²) in [5, 5.41) is 17.1. The number of sulfonamides is 1. The third-order valence-electron chi connectivity index (χ3n) is 2.36. The number of nitrogens with zero attached hydrogens (tertiary/aromatic N) is 2. The Kier molecular flexibility index (Phi) is 4.90. The van der Waals surface area contributed by atoms with Crippen molar-refractivity contribution in [3.05, 3.63) is 34.8 Å². The third kappa shape index (κ3) is 4.26. The Morgan fingerprint density at radius 2 is 2.19 bits per heavy atom. The zero-order valence-corrected chi connectivity index (χ0v) is 12.8. The summed E-state index contributed by atoms with van der Waals surface area (Å²) in [5.41, 5.74) is 0.569. The molecule has 0 saturated heterocycles. The SMILES string of the molecule is Cc1nnc(NS(=O)(=O)c2cccc(C#CCCO)c2)s1. The Bertz CT molecular complexity index is 788. The van der Waals surface area contributed by atoms with E-state index in [1.54, 1.807) is 19.1 Å². The molecule has 110 valence electrons. The molecule has 0 aliphatic heterocycles. The topological polar surface area (TPSA) is 92.2 Å². The van der Waals surface area contributed by atoms with Crippen molar-refractivity contribution in [3.8, 4) is 11.8 Å². The lowest BCUT2D eigenvalue weighted by Gasteiger charge is -2.04. The van der Waals surface area contributed by atoms with Crippen LogP contribution in [0.2, 0.25) is 0 Å². The van der Waals surface area contributed by atoms with E-state index < -0.39 is 10.0 Å². The van der Waals surface area contributed by atoms with Gasteiger partial charge >= 0.3 is 0 Å². The predicted molar refractivity (Wildman–Crippen MR) is 80.5 cm³/mol. The second-order valence-corrected chi connectivity index (χ2v) is 6.90. The molecule has 0 bridgehead atoms. The van der Waals surface area contributed by atoms with Gasteiger partial charge in [0.15, 0.2) is 0 Å². The summed E-state index contributed by atoms with van der Waals surface area (Å²) in [6.45, 7) is 1.72. The molecular formula is C13H13N3O3S2. The lowest BCUT2D eigenvalue weighted by molar-refractivity contribution is 0.305. The first kappa shape index (κ1) is 15.4. The first-order valence-corrected chi connectivity index (χ1v) is 8.34. The fourth-order valence-electron chi connectivity index (χ4n) is 1.47. The molecule has 0 fully saturated rings. The molecule has 21 heavy (non-hydrogen) atoms. The van der Waals surface area contributed by atoms with Crippen LogP contribution >= 0.6 is 11.3 Å². The molecule has 2 aromatic rings. The van der Waals surface area contributed by atoms with Gasteiger partial charge in [0.2, 0.25) is 5.13 Å². The molecule has 6 nitrogen and oxygen atoms in total. The molecule has 0 unspecified atom stereocenters. The smallest absolute Gasteiger partial charge is 0.263 e. The Balaban J connectivity index is 2.24. The van der Waals surface area contributed by atoms with E-state index in [9.17, 15) is 8.42 Å². The number of rotatable bonds is 4. The lowest BCUT2D eigenvalue weighted by atomic mass is 10.2. The van der Waals surface area contributed by atoms with Crippen LogP contribution in [0.25, 0.3) is 0 Å². The Morgan fingerprint density at radius 1 is 1.38 bits per heavy atom. The molecule has 0 radical (unpaired) electrons. The van der Waals surface area contributed by atoms with Gasteiger partial charge in [-0.25, -0.2) is 8.42 Å². The minimum absolute atomic E-state index is 0.0249. The van der Waals surface area contributed by atoms with Crippen molar-refractivity contribution in [1.29, 1.82) is 0 Å². The molecule has 8 heteroatoms. The first-order chi connectivity index (χ1) is 10.0. The number of hydrogen-bond donors (Lipinski definition) is 2. The van der Waals surface area contributed by atoms with Crippen molar-refractivity contribution in [2.75, 3.05) is 11.3 Å². The van der Waals surface area contributed by atoms with Gasteiger partial charge in [0, 0.05) is 12.0 Å². The molecule has 2 N–H and O–H groups in total. The van der Waals surface area contributed by atoms with Crippen LogP contribution in [0.5, 0.6) is 0 Å². The van der Waals surface area contributed by atoms with Crippen LogP contribution in [-0.4, -0.2) is 30.3 Å². The van der Waals surface area contributed by atoms with Crippen molar-refractivity contribution in [2.45, 2.75) is 18.2 Å². The van der Waals surface area contributed by atoms with E-state index in [4.69, 9.17) is 5.11 Å². The van der Waals surface area contributed by atoms with Gasteiger partial charge in [-0.15, -0.1) is 10.2 Å². The van der Waals surface area contributed by atoms with E-state index in [2.05, 4.69) is 26.8 Å². The zero-order chi connectivity index (χ0) is 15.3. The maximum absolute atomic E-state index is 12.2. The van der Waals surface area contributed by atoms with Crippen LogP contribution in [-0.2, 0) is 10.0 Å². The minimum Gasteiger partial charge on any atom is -0.395 e. The highest BCUT2D eigenvalue weighted by atomic mass is 32.2. The van der Waals surface area contributed by atoms with Crippen molar-refractivity contribution in [2.24, 2.45) is 0 Å². The van der Waals surface area contributed by atoms with Crippen molar-refractivity contribution < 1.29 is 13.5 Å². The molecule has 0 spiro atoms. The van der Waals surface area contributed by atoms with E-state index in [0.717, 1.165) is 11.3 Å². The van der Waals surface area contributed by atoms with Gasteiger partial charge in [-0.05, 0) is 25.1 Å². The summed E-state index contributed by atoms with van der Waals surface area (Å²) in [6, 6.07) is 6.27. The highest BCUT2D eigenvalue weighted by Gasteiger charge is 2.16. The molecule has 0 aliphatic rings. The molecule has 0 atom stereocenters. The Labute approximate surface area is 126 Å². The van der Waals surface area contributed by atoms with Crippen LogP contribution in [0.1, 0.15) is 17.0 Å². The first-order valence-electron chi connectivity index (χ1n) is 6.04. The number of benzene rings is 1. The number of aliphatic hydroxyl groups is 1. The molecule has 0 aliphatic carbocycles. The predicted octanol–water partition coefficient (Wildman–Crippen LogP) is 1.38. The van der Waals surface area contributed by atoms with Gasteiger partial charge in [0.25, 0.3) is 10.0 Å². The number of nitrogens with one attached hydrogen (secondary N) is 1. The van der Waals surface area contributed by atoms with Crippen molar-refractivity contribution in [1.82, 2.24) is 10.2 Å². The molecular weight excluding hydrogens is 310 g/mol. The van der Waals surface area contributed by atoms with Crippen molar-refractivity contribution in [3.63, 3.8) is 0 Å². The van der Waals surface area contributed by atoms with Crippen molar-refractivity contribution >= 4 is 26.5 Å². The molecule has 1 heterocycles. The number of aromatic nitrogens is 2. The summed E-state index contributed by atoms with van der Waals surface area (Å²) in [6.07, 6.45) is 0.347. The van der Waals surface area contributed by atoms with Crippen LogP contribution in [0.15, 0.2) is 29.2 Å². The Morgan fingerprint density at radius 3 is 2.86 bits per heavy atom. The van der Waals surface area contributed by atoms with E-state index in [1.807, 2.05) is 0 Å². The standard InChI is InChI=1S/C13H13N3O3S2/c1-10-14-15-13(20-10)16-21(18,19)12-7-4-6-11(9-12)5-2-3-8-17/h4,6-7,9,17H,3,8H2,1H3,(H,15,16). The summed E-state index contributed by atoms with van der Waals surface area (Å²) >= 11 is 1.16. The highest BCUT2D eigenvalue weighted by molar-refractivity contribution is 7.93. The number of hydrogen-bond acceptors (Lipinski definition) is 6. The van der Waals surface area contributed by atoms with Crippen LogP contribution < -0.4 is 4.72 Å².